The zero-order chi connectivity index (χ0) is 13.0. The van der Waals surface area contributed by atoms with E-state index < -0.39 is 0 Å². The zero-order valence-electron chi connectivity index (χ0n) is 10.5. The molecule has 0 bridgehead atoms. The molecule has 0 spiro atoms. The van der Waals surface area contributed by atoms with Gasteiger partial charge in [-0.1, -0.05) is 35.5 Å². The molecule has 0 atom stereocenters. The van der Waals surface area contributed by atoms with Crippen molar-refractivity contribution in [2.45, 2.75) is 26.9 Å². The minimum absolute atomic E-state index is 0.215. The summed E-state index contributed by atoms with van der Waals surface area (Å²) in [6, 6.07) is 9.51. The summed E-state index contributed by atoms with van der Waals surface area (Å²) in [6.45, 7) is 3.85. The molecule has 0 saturated carbocycles. The van der Waals surface area contributed by atoms with Crippen LogP contribution in [0.3, 0.4) is 0 Å². The summed E-state index contributed by atoms with van der Waals surface area (Å²) < 4.78 is 10.2. The summed E-state index contributed by atoms with van der Waals surface area (Å²) in [5.74, 6) is 0.446. The number of benzene rings is 1. The third-order valence-corrected chi connectivity index (χ3v) is 2.75. The summed E-state index contributed by atoms with van der Waals surface area (Å²) in [4.78, 5) is 11.7. The van der Waals surface area contributed by atoms with Crippen molar-refractivity contribution in [3.05, 3.63) is 52.9 Å². The highest BCUT2D eigenvalue weighted by Crippen LogP contribution is 2.13. The van der Waals surface area contributed by atoms with Crippen molar-refractivity contribution in [2.24, 2.45) is 0 Å². The van der Waals surface area contributed by atoms with Gasteiger partial charge in [0.05, 0.1) is 17.7 Å². The van der Waals surface area contributed by atoms with Crippen LogP contribution in [-0.4, -0.2) is 11.1 Å². The van der Waals surface area contributed by atoms with Crippen LogP contribution in [0.5, 0.6) is 0 Å². The Balaban J connectivity index is 1.89. The van der Waals surface area contributed by atoms with E-state index in [1.165, 1.54) is 0 Å². The maximum atomic E-state index is 11.7. The Morgan fingerprint density at radius 3 is 2.61 bits per heavy atom. The van der Waals surface area contributed by atoms with Crippen LogP contribution in [-0.2, 0) is 22.6 Å². The molecule has 2 rings (SSSR count). The normalized spacial score (nSPS) is 10.3. The fourth-order valence-corrected chi connectivity index (χ4v) is 1.67. The van der Waals surface area contributed by atoms with Crippen molar-refractivity contribution in [3.63, 3.8) is 0 Å². The van der Waals surface area contributed by atoms with E-state index >= 15 is 0 Å². The number of esters is 1. The molecular weight excluding hydrogens is 230 g/mol. The van der Waals surface area contributed by atoms with E-state index in [2.05, 4.69) is 5.16 Å². The van der Waals surface area contributed by atoms with E-state index in [9.17, 15) is 4.79 Å². The van der Waals surface area contributed by atoms with Crippen LogP contribution in [0.1, 0.15) is 22.6 Å². The zero-order valence-corrected chi connectivity index (χ0v) is 10.5. The molecule has 0 radical (unpaired) electrons. The van der Waals surface area contributed by atoms with Crippen molar-refractivity contribution in [2.75, 3.05) is 0 Å². The first-order valence-electron chi connectivity index (χ1n) is 5.78. The highest BCUT2D eigenvalue weighted by atomic mass is 16.5. The number of hydrogen-bond acceptors (Lipinski definition) is 4. The van der Waals surface area contributed by atoms with Gasteiger partial charge in [-0.25, -0.2) is 0 Å². The van der Waals surface area contributed by atoms with Gasteiger partial charge in [-0.05, 0) is 19.4 Å². The van der Waals surface area contributed by atoms with Crippen LogP contribution in [0.4, 0.5) is 0 Å². The fourth-order valence-electron chi connectivity index (χ4n) is 1.67. The number of carbonyl (C=O) groups excluding carboxylic acids is 1. The largest absolute Gasteiger partial charge is 0.460 e. The Morgan fingerprint density at radius 2 is 2.00 bits per heavy atom. The molecule has 0 aliphatic heterocycles. The van der Waals surface area contributed by atoms with Crippen molar-refractivity contribution < 1.29 is 14.1 Å². The minimum atomic E-state index is -0.249. The molecule has 4 nitrogen and oxygen atoms in total. The highest BCUT2D eigenvalue weighted by molar-refractivity contribution is 5.72. The van der Waals surface area contributed by atoms with Crippen LogP contribution in [0.25, 0.3) is 0 Å². The van der Waals surface area contributed by atoms with Crippen LogP contribution < -0.4 is 0 Å². The Hall–Kier alpha value is -2.10. The highest BCUT2D eigenvalue weighted by Gasteiger charge is 2.11. The van der Waals surface area contributed by atoms with Crippen molar-refractivity contribution in [3.8, 4) is 0 Å². The molecule has 2 aromatic rings. The van der Waals surface area contributed by atoms with Crippen molar-refractivity contribution in [1.29, 1.82) is 0 Å². The van der Waals surface area contributed by atoms with E-state index in [0.29, 0.717) is 5.76 Å². The Bertz CT molecular complexity index is 512. The number of rotatable bonds is 4. The van der Waals surface area contributed by atoms with Gasteiger partial charge >= 0.3 is 5.97 Å². The summed E-state index contributed by atoms with van der Waals surface area (Å²) in [7, 11) is 0. The third-order valence-electron chi connectivity index (χ3n) is 2.75. The first-order valence-corrected chi connectivity index (χ1v) is 5.78. The third kappa shape index (κ3) is 2.97. The maximum absolute atomic E-state index is 11.7. The number of nitrogens with zero attached hydrogens (tertiary/aromatic N) is 1. The molecule has 18 heavy (non-hydrogen) atoms. The SMILES string of the molecule is Cc1noc(C)c1COC(=O)Cc1ccccc1. The topological polar surface area (TPSA) is 52.3 Å². The lowest BCUT2D eigenvalue weighted by Crippen LogP contribution is -2.08. The molecule has 1 aromatic heterocycles. The molecular formula is C14H15NO3. The Labute approximate surface area is 106 Å². The maximum Gasteiger partial charge on any atom is 0.310 e. The molecule has 0 saturated heterocycles. The molecule has 4 heteroatoms. The number of aryl methyl sites for hydroxylation is 2. The quantitative estimate of drug-likeness (QED) is 0.777. The van der Waals surface area contributed by atoms with Crippen LogP contribution in [0.15, 0.2) is 34.9 Å². The van der Waals surface area contributed by atoms with E-state index in [0.717, 1.165) is 16.8 Å². The molecule has 1 aromatic carbocycles. The summed E-state index contributed by atoms with van der Waals surface area (Å²) in [6.07, 6.45) is 0.282. The Kier molecular flexibility index (Phi) is 3.77. The summed E-state index contributed by atoms with van der Waals surface area (Å²) >= 11 is 0. The predicted molar refractivity (Wildman–Crippen MR) is 65.9 cm³/mol. The molecule has 0 aliphatic carbocycles. The lowest BCUT2D eigenvalue weighted by molar-refractivity contribution is -0.144. The van der Waals surface area contributed by atoms with Gasteiger partial charge in [0.15, 0.2) is 0 Å². The van der Waals surface area contributed by atoms with E-state index in [-0.39, 0.29) is 19.0 Å². The van der Waals surface area contributed by atoms with Gasteiger partial charge in [0.25, 0.3) is 0 Å². The minimum Gasteiger partial charge on any atom is -0.460 e. The second-order valence-corrected chi connectivity index (χ2v) is 4.13. The molecule has 0 amide bonds. The van der Waals surface area contributed by atoms with E-state index in [1.807, 2.05) is 37.3 Å². The van der Waals surface area contributed by atoms with Crippen LogP contribution in [0, 0.1) is 13.8 Å². The predicted octanol–water partition coefficient (Wildman–Crippen LogP) is 2.58. The Morgan fingerprint density at radius 1 is 1.28 bits per heavy atom. The second-order valence-electron chi connectivity index (χ2n) is 4.13. The van der Waals surface area contributed by atoms with Gasteiger partial charge < -0.3 is 9.26 Å². The van der Waals surface area contributed by atoms with Gasteiger partial charge in [0.2, 0.25) is 0 Å². The van der Waals surface area contributed by atoms with Gasteiger partial charge in [-0.3, -0.25) is 4.79 Å². The van der Waals surface area contributed by atoms with Crippen LogP contribution in [0.2, 0.25) is 0 Å². The lowest BCUT2D eigenvalue weighted by atomic mass is 10.1. The molecule has 0 N–H and O–H groups in total. The molecule has 94 valence electrons. The first-order chi connectivity index (χ1) is 8.66. The van der Waals surface area contributed by atoms with Crippen molar-refractivity contribution in [1.82, 2.24) is 5.16 Å². The average molecular weight is 245 g/mol. The molecule has 0 aliphatic rings. The van der Waals surface area contributed by atoms with Gasteiger partial charge in [-0.15, -0.1) is 0 Å². The number of ether oxygens (including phenoxy) is 1. The molecule has 0 unspecified atom stereocenters. The molecule has 0 fully saturated rings. The standard InChI is InChI=1S/C14H15NO3/c1-10-13(11(2)18-15-10)9-17-14(16)8-12-6-4-3-5-7-12/h3-7H,8-9H2,1-2H3. The fraction of sp³-hybridized carbons (Fsp3) is 0.286. The average Bonchev–Trinajstić information content (AvgIpc) is 2.68. The summed E-state index contributed by atoms with van der Waals surface area (Å²) in [5.41, 5.74) is 2.55. The van der Waals surface area contributed by atoms with E-state index in [4.69, 9.17) is 9.26 Å². The molecule has 1 heterocycles. The monoisotopic (exact) mass is 245 g/mol. The van der Waals surface area contributed by atoms with Crippen molar-refractivity contribution >= 4 is 5.97 Å². The van der Waals surface area contributed by atoms with E-state index in [1.54, 1.807) is 6.92 Å². The van der Waals surface area contributed by atoms with Gasteiger partial charge in [0.1, 0.15) is 12.4 Å². The number of carbonyl (C=O) groups is 1. The summed E-state index contributed by atoms with van der Waals surface area (Å²) in [5, 5.41) is 3.81. The lowest BCUT2D eigenvalue weighted by Gasteiger charge is -2.04. The second kappa shape index (κ2) is 5.49. The first kappa shape index (κ1) is 12.4. The van der Waals surface area contributed by atoms with Gasteiger partial charge in [0, 0.05) is 0 Å². The smallest absolute Gasteiger partial charge is 0.310 e. The van der Waals surface area contributed by atoms with Crippen LogP contribution >= 0.6 is 0 Å². The van der Waals surface area contributed by atoms with Gasteiger partial charge in [-0.2, -0.15) is 0 Å². The number of hydrogen-bond donors (Lipinski definition) is 0. The number of aromatic nitrogens is 1.